The maximum atomic E-state index is 13.2. The SMILES string of the molecule is CC(Nc1ccccc1OC(F)F)c1cc(F)ccc1O. The van der Waals surface area contributed by atoms with Gasteiger partial charge in [0.2, 0.25) is 0 Å². The number of benzene rings is 2. The van der Waals surface area contributed by atoms with Crippen molar-refractivity contribution in [3.63, 3.8) is 0 Å². The van der Waals surface area contributed by atoms with Crippen molar-refractivity contribution in [3.05, 3.63) is 53.8 Å². The molecule has 0 saturated heterocycles. The Hall–Kier alpha value is -2.37. The van der Waals surface area contributed by atoms with Gasteiger partial charge < -0.3 is 15.2 Å². The Labute approximate surface area is 120 Å². The van der Waals surface area contributed by atoms with Crippen LogP contribution in [0.4, 0.5) is 18.9 Å². The molecule has 0 aliphatic heterocycles. The molecule has 0 aliphatic carbocycles. The number of anilines is 1. The van der Waals surface area contributed by atoms with E-state index >= 15 is 0 Å². The van der Waals surface area contributed by atoms with Crippen molar-refractivity contribution in [2.24, 2.45) is 0 Å². The summed E-state index contributed by atoms with van der Waals surface area (Å²) in [6.45, 7) is -1.26. The van der Waals surface area contributed by atoms with E-state index in [1.165, 1.54) is 18.2 Å². The molecule has 2 aromatic rings. The molecule has 3 nitrogen and oxygen atoms in total. The molecular formula is C15H14F3NO2. The van der Waals surface area contributed by atoms with Gasteiger partial charge in [-0.2, -0.15) is 8.78 Å². The van der Waals surface area contributed by atoms with Gasteiger partial charge >= 0.3 is 6.61 Å². The Morgan fingerprint density at radius 1 is 1.14 bits per heavy atom. The maximum absolute atomic E-state index is 13.2. The highest BCUT2D eigenvalue weighted by atomic mass is 19.3. The lowest BCUT2D eigenvalue weighted by Gasteiger charge is -2.19. The maximum Gasteiger partial charge on any atom is 0.387 e. The largest absolute Gasteiger partial charge is 0.508 e. The van der Waals surface area contributed by atoms with Crippen LogP contribution >= 0.6 is 0 Å². The first kappa shape index (κ1) is 15.0. The van der Waals surface area contributed by atoms with Gasteiger partial charge in [0.15, 0.2) is 0 Å². The number of phenols is 1. The Morgan fingerprint density at radius 3 is 2.57 bits per heavy atom. The van der Waals surface area contributed by atoms with Crippen molar-refractivity contribution in [1.82, 2.24) is 0 Å². The Kier molecular flexibility index (Phi) is 4.57. The van der Waals surface area contributed by atoms with Gasteiger partial charge in [0.05, 0.1) is 11.7 Å². The topological polar surface area (TPSA) is 41.5 Å². The minimum Gasteiger partial charge on any atom is -0.508 e. The van der Waals surface area contributed by atoms with E-state index in [4.69, 9.17) is 0 Å². The number of para-hydroxylation sites is 2. The molecule has 0 radical (unpaired) electrons. The summed E-state index contributed by atoms with van der Waals surface area (Å²) in [4.78, 5) is 0. The van der Waals surface area contributed by atoms with Gasteiger partial charge in [0.1, 0.15) is 17.3 Å². The summed E-state index contributed by atoms with van der Waals surface area (Å²) in [5.74, 6) is -0.590. The van der Waals surface area contributed by atoms with Gasteiger partial charge in [-0.3, -0.25) is 0 Å². The summed E-state index contributed by atoms with van der Waals surface area (Å²) in [6.07, 6.45) is 0. The van der Waals surface area contributed by atoms with Crippen LogP contribution in [-0.2, 0) is 0 Å². The number of phenolic OH excluding ortho intramolecular Hbond substituents is 1. The number of rotatable bonds is 5. The van der Waals surface area contributed by atoms with E-state index in [9.17, 15) is 18.3 Å². The Morgan fingerprint density at radius 2 is 1.86 bits per heavy atom. The van der Waals surface area contributed by atoms with Crippen molar-refractivity contribution in [2.75, 3.05) is 5.32 Å². The summed E-state index contributed by atoms with van der Waals surface area (Å²) < 4.78 is 42.3. The molecule has 0 aliphatic rings. The zero-order chi connectivity index (χ0) is 15.4. The van der Waals surface area contributed by atoms with Crippen LogP contribution in [0.15, 0.2) is 42.5 Å². The lowest BCUT2D eigenvalue weighted by atomic mass is 10.1. The van der Waals surface area contributed by atoms with Gasteiger partial charge in [-0.05, 0) is 37.3 Å². The summed E-state index contributed by atoms with van der Waals surface area (Å²) in [5, 5.41) is 12.7. The van der Waals surface area contributed by atoms with Crippen molar-refractivity contribution < 1.29 is 23.0 Å². The standard InChI is InChI=1S/C15H14F3NO2/c1-9(11-8-10(16)6-7-13(11)20)19-12-4-2-3-5-14(12)21-15(17)18/h2-9,15,19-20H,1H3. The number of nitrogens with one attached hydrogen (secondary N) is 1. The van der Waals surface area contributed by atoms with Crippen LogP contribution in [0.5, 0.6) is 11.5 Å². The molecule has 0 heterocycles. The van der Waals surface area contributed by atoms with E-state index in [0.717, 1.165) is 6.07 Å². The first-order valence-electron chi connectivity index (χ1n) is 6.26. The number of halogens is 3. The minimum atomic E-state index is -2.94. The van der Waals surface area contributed by atoms with E-state index in [0.29, 0.717) is 11.3 Å². The minimum absolute atomic E-state index is 0.0183. The normalized spacial score (nSPS) is 12.2. The van der Waals surface area contributed by atoms with Crippen LogP contribution < -0.4 is 10.1 Å². The molecule has 2 rings (SSSR count). The van der Waals surface area contributed by atoms with E-state index < -0.39 is 18.5 Å². The van der Waals surface area contributed by atoms with Crippen molar-refractivity contribution in [2.45, 2.75) is 19.6 Å². The summed E-state index contributed by atoms with van der Waals surface area (Å²) in [7, 11) is 0. The molecule has 2 aromatic carbocycles. The van der Waals surface area contributed by atoms with Crippen molar-refractivity contribution >= 4 is 5.69 Å². The fourth-order valence-electron chi connectivity index (χ4n) is 1.97. The third-order valence-electron chi connectivity index (χ3n) is 2.93. The second kappa shape index (κ2) is 6.39. The molecule has 6 heteroatoms. The highest BCUT2D eigenvalue weighted by Crippen LogP contribution is 2.32. The van der Waals surface area contributed by atoms with Crippen LogP contribution in [-0.4, -0.2) is 11.7 Å². The lowest BCUT2D eigenvalue weighted by Crippen LogP contribution is -2.10. The first-order chi connectivity index (χ1) is 9.97. The molecule has 1 unspecified atom stereocenters. The van der Waals surface area contributed by atoms with Gasteiger partial charge in [-0.1, -0.05) is 12.1 Å². The van der Waals surface area contributed by atoms with Gasteiger partial charge in [-0.25, -0.2) is 4.39 Å². The molecule has 0 bridgehead atoms. The molecule has 0 saturated carbocycles. The smallest absolute Gasteiger partial charge is 0.387 e. The van der Waals surface area contributed by atoms with Crippen LogP contribution in [0.25, 0.3) is 0 Å². The first-order valence-corrected chi connectivity index (χ1v) is 6.26. The average molecular weight is 297 g/mol. The molecule has 0 spiro atoms. The summed E-state index contributed by atoms with van der Waals surface area (Å²) >= 11 is 0. The summed E-state index contributed by atoms with van der Waals surface area (Å²) in [5.41, 5.74) is 0.649. The number of aromatic hydroxyl groups is 1. The molecule has 0 amide bonds. The van der Waals surface area contributed by atoms with Crippen molar-refractivity contribution in [1.29, 1.82) is 0 Å². The highest BCUT2D eigenvalue weighted by molar-refractivity contribution is 5.58. The van der Waals surface area contributed by atoms with Gasteiger partial charge in [0.25, 0.3) is 0 Å². The van der Waals surface area contributed by atoms with E-state index in [1.807, 2.05) is 0 Å². The molecule has 1 atom stereocenters. The molecular weight excluding hydrogens is 283 g/mol. The quantitative estimate of drug-likeness (QED) is 0.864. The average Bonchev–Trinajstić information content (AvgIpc) is 2.43. The van der Waals surface area contributed by atoms with Crippen LogP contribution in [0.3, 0.4) is 0 Å². The molecule has 2 N–H and O–H groups in total. The Balaban J connectivity index is 2.23. The molecule has 21 heavy (non-hydrogen) atoms. The molecule has 112 valence electrons. The van der Waals surface area contributed by atoms with Crippen molar-refractivity contribution in [3.8, 4) is 11.5 Å². The number of hydrogen-bond donors (Lipinski definition) is 2. The second-order valence-electron chi connectivity index (χ2n) is 4.44. The predicted molar refractivity (Wildman–Crippen MR) is 73.2 cm³/mol. The van der Waals surface area contributed by atoms with Gasteiger partial charge in [0, 0.05) is 5.56 Å². The van der Waals surface area contributed by atoms with Crippen LogP contribution in [0, 0.1) is 5.82 Å². The number of alkyl halides is 2. The van der Waals surface area contributed by atoms with Gasteiger partial charge in [-0.15, -0.1) is 0 Å². The van der Waals surface area contributed by atoms with E-state index in [2.05, 4.69) is 10.1 Å². The third kappa shape index (κ3) is 3.81. The highest BCUT2D eigenvalue weighted by Gasteiger charge is 2.15. The second-order valence-corrected chi connectivity index (χ2v) is 4.44. The fraction of sp³-hybridized carbons (Fsp3) is 0.200. The summed E-state index contributed by atoms with van der Waals surface area (Å²) in [6, 6.07) is 9.24. The third-order valence-corrected chi connectivity index (χ3v) is 2.93. The van der Waals surface area contributed by atoms with Crippen LogP contribution in [0.1, 0.15) is 18.5 Å². The zero-order valence-electron chi connectivity index (χ0n) is 11.2. The zero-order valence-corrected chi connectivity index (χ0v) is 11.2. The number of ether oxygens (including phenoxy) is 1. The molecule has 0 aromatic heterocycles. The Bertz CT molecular complexity index is 620. The number of hydrogen-bond acceptors (Lipinski definition) is 3. The van der Waals surface area contributed by atoms with E-state index in [-0.39, 0.29) is 11.5 Å². The lowest BCUT2D eigenvalue weighted by molar-refractivity contribution is -0.0493. The monoisotopic (exact) mass is 297 g/mol. The fourth-order valence-corrected chi connectivity index (χ4v) is 1.97. The molecule has 0 fully saturated rings. The predicted octanol–water partition coefficient (Wildman–Crippen LogP) is 4.31. The van der Waals surface area contributed by atoms with Crippen LogP contribution in [0.2, 0.25) is 0 Å². The van der Waals surface area contributed by atoms with E-state index in [1.54, 1.807) is 25.1 Å².